The van der Waals surface area contributed by atoms with E-state index >= 15 is 0 Å². The van der Waals surface area contributed by atoms with Crippen molar-refractivity contribution in [3.05, 3.63) is 47.5 Å². The summed E-state index contributed by atoms with van der Waals surface area (Å²) in [6.07, 6.45) is -5.14. The number of anilines is 1. The van der Waals surface area contributed by atoms with E-state index in [1.807, 2.05) is 30.0 Å². The van der Waals surface area contributed by atoms with Crippen molar-refractivity contribution in [2.45, 2.75) is 19.4 Å². The minimum atomic E-state index is -4.87. The normalized spacial score (nSPS) is 16.3. The van der Waals surface area contributed by atoms with E-state index in [1.165, 1.54) is 24.3 Å². The summed E-state index contributed by atoms with van der Waals surface area (Å²) < 4.78 is 49.2. The van der Waals surface area contributed by atoms with Crippen LogP contribution in [-0.2, 0) is 4.79 Å². The molecule has 188 valence electrons. The second kappa shape index (κ2) is 10.8. The zero-order valence-corrected chi connectivity index (χ0v) is 19.8. The Labute approximate surface area is 204 Å². The highest BCUT2D eigenvalue weighted by molar-refractivity contribution is 7.18. The highest BCUT2D eigenvalue weighted by atomic mass is 32.1. The largest absolute Gasteiger partial charge is 0.573 e. The van der Waals surface area contributed by atoms with Crippen LogP contribution < -0.4 is 14.5 Å². The Balaban J connectivity index is 1.29. The van der Waals surface area contributed by atoms with Gasteiger partial charge < -0.3 is 14.6 Å². The molecule has 1 amide bonds. The number of rotatable bonds is 9. The zero-order chi connectivity index (χ0) is 25.0. The van der Waals surface area contributed by atoms with E-state index in [9.17, 15) is 23.1 Å². The number of aliphatic hydroxyl groups excluding tert-OH is 1. The molecule has 4 rings (SSSR count). The monoisotopic (exact) mass is 510 g/mol. The predicted molar refractivity (Wildman–Crippen MR) is 126 cm³/mol. The summed E-state index contributed by atoms with van der Waals surface area (Å²) in [4.78, 5) is 18.2. The number of halogens is 3. The molecule has 1 atom stereocenters. The summed E-state index contributed by atoms with van der Waals surface area (Å²) in [5, 5.41) is 14.2. The highest BCUT2D eigenvalue weighted by Crippen LogP contribution is 2.33. The molecule has 0 spiro atoms. The molecule has 8 nitrogen and oxygen atoms in total. The number of aromatic nitrogens is 1. The van der Waals surface area contributed by atoms with Crippen molar-refractivity contribution in [1.29, 1.82) is 0 Å². The Hall–Kier alpha value is -2.93. The number of alkyl halides is 3. The summed E-state index contributed by atoms with van der Waals surface area (Å²) >= 11 is 1.60. The fourth-order valence-corrected chi connectivity index (χ4v) is 4.73. The van der Waals surface area contributed by atoms with E-state index in [1.54, 1.807) is 16.3 Å². The van der Waals surface area contributed by atoms with Crippen LogP contribution in [0.5, 0.6) is 11.5 Å². The molecule has 0 aliphatic carbocycles. The molecular weight excluding hydrogens is 485 g/mol. The first-order valence-electron chi connectivity index (χ1n) is 11.0. The van der Waals surface area contributed by atoms with Crippen molar-refractivity contribution in [3.8, 4) is 11.5 Å². The number of aliphatic hydroxyl groups is 1. The van der Waals surface area contributed by atoms with E-state index in [4.69, 9.17) is 4.74 Å². The Morgan fingerprint density at radius 1 is 1.20 bits per heavy atom. The second-order valence-corrected chi connectivity index (χ2v) is 9.28. The number of carbonyl (C=O) groups excluding carboxylic acids is 1. The number of hydrogen-bond donors (Lipinski definition) is 1. The van der Waals surface area contributed by atoms with Crippen LogP contribution in [0.1, 0.15) is 5.01 Å². The summed E-state index contributed by atoms with van der Waals surface area (Å²) in [5.41, 5.74) is 0.867. The maximum absolute atomic E-state index is 12.8. The molecule has 1 aliphatic rings. The Morgan fingerprint density at radius 2 is 1.94 bits per heavy atom. The Morgan fingerprint density at radius 3 is 2.66 bits per heavy atom. The van der Waals surface area contributed by atoms with Crippen LogP contribution in [-0.4, -0.2) is 78.2 Å². The number of β-amino-alcohol motifs (C(OH)–C–C–N with tert-alkyl or cyclic N) is 1. The minimum Gasteiger partial charge on any atom is -0.491 e. The van der Waals surface area contributed by atoms with Crippen LogP contribution in [0.15, 0.2) is 42.5 Å². The van der Waals surface area contributed by atoms with Crippen LogP contribution in [0, 0.1) is 6.92 Å². The zero-order valence-electron chi connectivity index (χ0n) is 18.9. The van der Waals surface area contributed by atoms with Gasteiger partial charge in [0.25, 0.3) is 0 Å². The van der Waals surface area contributed by atoms with Gasteiger partial charge in [0, 0.05) is 38.8 Å². The van der Waals surface area contributed by atoms with Gasteiger partial charge in [0.05, 0.1) is 15.2 Å². The molecule has 1 fully saturated rings. The first-order valence-corrected chi connectivity index (χ1v) is 11.8. The number of benzene rings is 2. The van der Waals surface area contributed by atoms with Gasteiger partial charge in [0.1, 0.15) is 24.1 Å². The molecule has 35 heavy (non-hydrogen) atoms. The van der Waals surface area contributed by atoms with Crippen LogP contribution >= 0.6 is 11.3 Å². The lowest BCUT2D eigenvalue weighted by Gasteiger charge is -2.40. The van der Waals surface area contributed by atoms with Crippen molar-refractivity contribution >= 4 is 33.7 Å². The molecule has 1 aromatic heterocycles. The maximum atomic E-state index is 12.8. The van der Waals surface area contributed by atoms with Crippen molar-refractivity contribution in [3.63, 3.8) is 0 Å². The fraction of sp³-hybridized carbons (Fsp3) is 0.391. The lowest BCUT2D eigenvalue weighted by Crippen LogP contribution is -2.55. The van der Waals surface area contributed by atoms with E-state index in [0.717, 1.165) is 20.2 Å². The van der Waals surface area contributed by atoms with Gasteiger partial charge >= 0.3 is 6.36 Å². The highest BCUT2D eigenvalue weighted by Gasteiger charge is 2.34. The molecular formula is C23H25F3N4O4S. The number of ether oxygens (including phenoxy) is 2. The van der Waals surface area contributed by atoms with Gasteiger partial charge in [-0.15, -0.1) is 24.5 Å². The van der Waals surface area contributed by atoms with Crippen LogP contribution in [0.2, 0.25) is 0 Å². The third kappa shape index (κ3) is 6.60. The number of nitrogens with zero attached hydrogens (tertiary/aromatic N) is 4. The lowest BCUT2D eigenvalue weighted by molar-refractivity contribution is -0.274. The van der Waals surface area contributed by atoms with Crippen molar-refractivity contribution in [2.24, 2.45) is 0 Å². The standard InChI is InChI=1S/C23H25F3N4O4S/c1-16-27-19-12-18(6-7-22(19)35-16)33-14-17(32)13-28-8-10-29(11-9-28)30(15-31)20-4-2-3-5-21(20)34-23(24,25)26/h2-7,12,15,17,32H,8-11,13-14H2,1H3/t17-/m1/s1. The maximum Gasteiger partial charge on any atom is 0.573 e. The van der Waals surface area contributed by atoms with E-state index in [0.29, 0.717) is 44.9 Å². The summed E-state index contributed by atoms with van der Waals surface area (Å²) in [6.45, 7) is 4.19. The molecule has 0 unspecified atom stereocenters. The van der Waals surface area contributed by atoms with Crippen LogP contribution in [0.25, 0.3) is 10.2 Å². The first-order chi connectivity index (χ1) is 16.7. The number of thiazole rings is 1. The van der Waals surface area contributed by atoms with E-state index in [-0.39, 0.29) is 12.3 Å². The Bertz CT molecular complexity index is 1150. The minimum absolute atomic E-state index is 0.00832. The SMILES string of the molecule is Cc1nc2cc(OC[C@H](O)CN3CCN(N(C=O)c4ccccc4OC(F)(F)F)CC3)ccc2s1. The molecule has 1 saturated heterocycles. The van der Waals surface area contributed by atoms with Gasteiger partial charge in [0.2, 0.25) is 6.41 Å². The van der Waals surface area contributed by atoms with Crippen LogP contribution in [0.3, 0.4) is 0 Å². The number of amides is 1. The average Bonchev–Trinajstić information content (AvgIpc) is 3.18. The van der Waals surface area contributed by atoms with Gasteiger partial charge in [-0.1, -0.05) is 12.1 Å². The third-order valence-corrected chi connectivity index (χ3v) is 6.42. The van der Waals surface area contributed by atoms with Gasteiger partial charge in [-0.3, -0.25) is 9.69 Å². The summed E-state index contributed by atoms with van der Waals surface area (Å²) in [6, 6.07) is 11.1. The first kappa shape index (κ1) is 25.2. The number of carbonyl (C=O) groups is 1. The number of piperazine rings is 1. The molecule has 3 aromatic rings. The molecule has 2 heterocycles. The van der Waals surface area contributed by atoms with Gasteiger partial charge in [-0.2, -0.15) is 0 Å². The molecule has 1 aliphatic heterocycles. The predicted octanol–water partition coefficient (Wildman–Crippen LogP) is 3.44. The second-order valence-electron chi connectivity index (χ2n) is 8.05. The molecule has 12 heteroatoms. The topological polar surface area (TPSA) is 78.4 Å². The third-order valence-electron chi connectivity index (χ3n) is 5.47. The molecule has 0 bridgehead atoms. The lowest BCUT2D eigenvalue weighted by atomic mass is 10.2. The Kier molecular flexibility index (Phi) is 7.75. The van der Waals surface area contributed by atoms with E-state index in [2.05, 4.69) is 9.72 Å². The fourth-order valence-electron chi connectivity index (χ4n) is 3.92. The molecule has 0 saturated carbocycles. The van der Waals surface area contributed by atoms with Crippen molar-refractivity contribution < 1.29 is 32.5 Å². The number of hydrazine groups is 1. The smallest absolute Gasteiger partial charge is 0.491 e. The molecule has 0 radical (unpaired) electrons. The van der Waals surface area contributed by atoms with Crippen molar-refractivity contribution in [2.75, 3.05) is 44.3 Å². The summed E-state index contributed by atoms with van der Waals surface area (Å²) in [5.74, 6) is 0.182. The number of para-hydroxylation sites is 2. The average molecular weight is 511 g/mol. The van der Waals surface area contributed by atoms with E-state index < -0.39 is 18.2 Å². The van der Waals surface area contributed by atoms with Crippen molar-refractivity contribution in [1.82, 2.24) is 14.9 Å². The van der Waals surface area contributed by atoms with Gasteiger partial charge in [-0.25, -0.2) is 15.0 Å². The molecule has 1 N–H and O–H groups in total. The quantitative estimate of drug-likeness (QED) is 0.442. The summed E-state index contributed by atoms with van der Waals surface area (Å²) in [7, 11) is 0. The molecule has 2 aromatic carbocycles. The number of fused-ring (bicyclic) bond motifs is 1. The van der Waals surface area contributed by atoms with Crippen LogP contribution in [0.4, 0.5) is 18.9 Å². The van der Waals surface area contributed by atoms with Gasteiger partial charge in [0.15, 0.2) is 5.75 Å². The number of hydrogen-bond acceptors (Lipinski definition) is 8. The number of aryl methyl sites for hydroxylation is 1. The van der Waals surface area contributed by atoms with Gasteiger partial charge in [-0.05, 0) is 31.2 Å².